The van der Waals surface area contributed by atoms with Gasteiger partial charge in [-0.05, 0) is 0 Å². The Balaban J connectivity index is 2.75. The minimum absolute atomic E-state index is 0.366. The number of hydrogen-bond donors (Lipinski definition) is 0. The standard InChI is InChI=1S/C9H12I/c1-8(10-2)9-6-4-3-5-7-9/h3-8H,1-2H3/q-1. The van der Waals surface area contributed by atoms with E-state index in [0.29, 0.717) is 21.2 Å². The number of halogens is 1. The fourth-order valence-electron chi connectivity index (χ4n) is 0.844. The second kappa shape index (κ2) is 3.96. The first kappa shape index (κ1) is 8.05. The molecule has 0 N–H and O–H groups in total. The third kappa shape index (κ3) is 1.97. The van der Waals surface area contributed by atoms with Crippen LogP contribution >= 0.6 is 0 Å². The molecule has 10 heavy (non-hydrogen) atoms. The van der Waals surface area contributed by atoms with Crippen LogP contribution in [-0.2, 0) is 0 Å². The van der Waals surface area contributed by atoms with E-state index >= 15 is 0 Å². The topological polar surface area (TPSA) is 0 Å². The molecule has 0 heterocycles. The third-order valence-electron chi connectivity index (χ3n) is 1.59. The second-order valence-electron chi connectivity index (χ2n) is 2.24. The van der Waals surface area contributed by atoms with E-state index in [-0.39, 0.29) is 0 Å². The molecule has 1 aromatic carbocycles. The van der Waals surface area contributed by atoms with Crippen LogP contribution in [0, 0.1) is 0 Å². The molecular formula is C9H12I-. The van der Waals surface area contributed by atoms with Gasteiger partial charge < -0.3 is 0 Å². The zero-order valence-corrected chi connectivity index (χ0v) is 8.50. The monoisotopic (exact) mass is 247 g/mol. The molecule has 56 valence electrons. The molecule has 1 heteroatoms. The van der Waals surface area contributed by atoms with Crippen LogP contribution in [0.15, 0.2) is 30.3 Å². The van der Waals surface area contributed by atoms with Gasteiger partial charge >= 0.3 is 72.9 Å². The molecule has 0 fully saturated rings. The molecule has 1 atom stereocenters. The molecule has 1 aromatic rings. The van der Waals surface area contributed by atoms with Crippen LogP contribution in [0.2, 0.25) is 0 Å². The zero-order valence-electron chi connectivity index (χ0n) is 6.34. The van der Waals surface area contributed by atoms with E-state index in [1.807, 2.05) is 0 Å². The van der Waals surface area contributed by atoms with Crippen molar-refractivity contribution in [3.05, 3.63) is 35.9 Å². The SMILES string of the molecule is C[I-]C(C)c1ccccc1. The van der Waals surface area contributed by atoms with Crippen LogP contribution < -0.4 is 21.2 Å². The average molecular weight is 247 g/mol. The van der Waals surface area contributed by atoms with E-state index in [2.05, 4.69) is 42.2 Å². The van der Waals surface area contributed by atoms with Gasteiger partial charge in [-0.2, -0.15) is 0 Å². The van der Waals surface area contributed by atoms with Gasteiger partial charge in [0, 0.05) is 0 Å². The van der Waals surface area contributed by atoms with Gasteiger partial charge in [0.15, 0.2) is 0 Å². The van der Waals surface area contributed by atoms with E-state index < -0.39 is 0 Å². The summed E-state index contributed by atoms with van der Waals surface area (Å²) >= 11 is 0.366. The molecule has 0 saturated heterocycles. The summed E-state index contributed by atoms with van der Waals surface area (Å²) < 4.78 is 0.819. The summed E-state index contributed by atoms with van der Waals surface area (Å²) in [5, 5.41) is 0. The number of benzene rings is 1. The Hall–Kier alpha value is -0.0500. The average Bonchev–Trinajstić information content (AvgIpc) is 2.05. The fourth-order valence-corrected chi connectivity index (χ4v) is 1.98. The predicted molar refractivity (Wildman–Crippen MR) is 40.8 cm³/mol. The number of alkyl halides is 2. The van der Waals surface area contributed by atoms with Crippen LogP contribution in [0.1, 0.15) is 16.4 Å². The molecule has 0 saturated carbocycles. The fraction of sp³-hybridized carbons (Fsp3) is 0.333. The quantitative estimate of drug-likeness (QED) is 0.486. The van der Waals surface area contributed by atoms with Crippen molar-refractivity contribution in [2.45, 2.75) is 10.8 Å². The summed E-state index contributed by atoms with van der Waals surface area (Å²) in [6.07, 6.45) is 0. The molecule has 0 aromatic heterocycles. The van der Waals surface area contributed by atoms with Crippen LogP contribution in [0.3, 0.4) is 0 Å². The molecule has 0 spiro atoms. The van der Waals surface area contributed by atoms with Gasteiger partial charge in [-0.3, -0.25) is 0 Å². The molecule has 1 rings (SSSR count). The summed E-state index contributed by atoms with van der Waals surface area (Å²) in [6, 6.07) is 10.7. The summed E-state index contributed by atoms with van der Waals surface area (Å²) in [5.74, 6) is 0. The maximum absolute atomic E-state index is 2.33. The van der Waals surface area contributed by atoms with Gasteiger partial charge in [-0.25, -0.2) is 0 Å². The van der Waals surface area contributed by atoms with Crippen LogP contribution in [0.4, 0.5) is 0 Å². The van der Waals surface area contributed by atoms with Crippen molar-refractivity contribution >= 4 is 0 Å². The van der Waals surface area contributed by atoms with Gasteiger partial charge in [-0.15, -0.1) is 0 Å². The Bertz CT molecular complexity index is 181. The molecule has 1 unspecified atom stereocenters. The normalized spacial score (nSPS) is 13.4. The zero-order chi connectivity index (χ0) is 7.40. The first-order chi connectivity index (χ1) is 4.84. The van der Waals surface area contributed by atoms with Gasteiger partial charge in [0.25, 0.3) is 0 Å². The van der Waals surface area contributed by atoms with Gasteiger partial charge in [0.2, 0.25) is 0 Å². The van der Waals surface area contributed by atoms with Gasteiger partial charge in [-0.1, -0.05) is 0 Å². The predicted octanol–water partition coefficient (Wildman–Crippen LogP) is -0.534. The Morgan fingerprint density at radius 1 is 1.20 bits per heavy atom. The number of hydrogen-bond acceptors (Lipinski definition) is 0. The Labute approximate surface area is 72.9 Å². The molecule has 0 bridgehead atoms. The van der Waals surface area contributed by atoms with Gasteiger partial charge in [0.1, 0.15) is 0 Å². The Kier molecular flexibility index (Phi) is 3.19. The maximum atomic E-state index is 2.33. The van der Waals surface area contributed by atoms with Crippen molar-refractivity contribution in [2.24, 2.45) is 0 Å². The molecular weight excluding hydrogens is 235 g/mol. The second-order valence-corrected chi connectivity index (χ2v) is 5.36. The van der Waals surface area contributed by atoms with Crippen molar-refractivity contribution in [1.29, 1.82) is 0 Å². The van der Waals surface area contributed by atoms with Crippen LogP contribution in [0.5, 0.6) is 0 Å². The van der Waals surface area contributed by atoms with Crippen LogP contribution in [-0.4, -0.2) is 4.93 Å². The summed E-state index contributed by atoms with van der Waals surface area (Å²) in [7, 11) is 0. The number of rotatable bonds is 2. The first-order valence-electron chi connectivity index (χ1n) is 3.37. The van der Waals surface area contributed by atoms with E-state index in [0.717, 1.165) is 3.92 Å². The van der Waals surface area contributed by atoms with Crippen molar-refractivity contribution in [2.75, 3.05) is 4.93 Å². The Morgan fingerprint density at radius 2 is 1.80 bits per heavy atom. The first-order valence-corrected chi connectivity index (χ1v) is 6.78. The molecule has 0 aliphatic rings. The van der Waals surface area contributed by atoms with Gasteiger partial charge in [0.05, 0.1) is 0 Å². The van der Waals surface area contributed by atoms with Crippen molar-refractivity contribution in [1.82, 2.24) is 0 Å². The molecule has 0 amide bonds. The van der Waals surface area contributed by atoms with Crippen molar-refractivity contribution in [3.8, 4) is 0 Å². The van der Waals surface area contributed by atoms with E-state index in [9.17, 15) is 0 Å². The van der Waals surface area contributed by atoms with E-state index in [4.69, 9.17) is 0 Å². The van der Waals surface area contributed by atoms with Crippen molar-refractivity contribution in [3.63, 3.8) is 0 Å². The molecule has 0 nitrogen and oxygen atoms in total. The van der Waals surface area contributed by atoms with E-state index in [1.165, 1.54) is 5.56 Å². The third-order valence-corrected chi connectivity index (χ3v) is 4.17. The van der Waals surface area contributed by atoms with Crippen LogP contribution in [0.25, 0.3) is 0 Å². The Morgan fingerprint density at radius 3 is 2.30 bits per heavy atom. The molecule has 0 radical (unpaired) electrons. The molecule has 0 aliphatic carbocycles. The summed E-state index contributed by atoms with van der Waals surface area (Å²) in [4.78, 5) is 2.33. The minimum atomic E-state index is 0.366. The van der Waals surface area contributed by atoms with E-state index in [1.54, 1.807) is 0 Å². The van der Waals surface area contributed by atoms with Crippen molar-refractivity contribution < 1.29 is 21.2 Å². The summed E-state index contributed by atoms with van der Waals surface area (Å²) in [6.45, 7) is 2.31. The summed E-state index contributed by atoms with van der Waals surface area (Å²) in [5.41, 5.74) is 1.50. The molecule has 0 aliphatic heterocycles.